The molecule has 3 N–H and O–H groups in total. The van der Waals surface area contributed by atoms with Crippen LogP contribution < -0.4 is 5.73 Å². The summed E-state index contributed by atoms with van der Waals surface area (Å²) in [5, 5.41) is 9.36. The minimum absolute atomic E-state index is 0.0728. The Hall–Kier alpha value is -1.07. The minimum Gasteiger partial charge on any atom is -0.387 e. The molecular weight excluding hydrogens is 195 g/mol. The Morgan fingerprint density at radius 2 is 1.64 bits per heavy atom. The second kappa shape index (κ2) is 3.98. The predicted molar refractivity (Wildman–Crippen MR) is 44.9 cm³/mol. The molecule has 5 heteroatoms. The van der Waals surface area contributed by atoms with Crippen LogP contribution in [0.4, 0.5) is 13.2 Å². The summed E-state index contributed by atoms with van der Waals surface area (Å²) in [6, 6.07) is 0.776. The van der Waals surface area contributed by atoms with E-state index in [-0.39, 0.29) is 5.56 Å². The molecule has 0 fully saturated rings. The first kappa shape index (κ1) is 11.0. The number of aliphatic hydroxyl groups excluding tert-OH is 1. The molecule has 14 heavy (non-hydrogen) atoms. The lowest BCUT2D eigenvalue weighted by Gasteiger charge is -2.14. The number of nitrogens with two attached hydrogens (primary N) is 1. The van der Waals surface area contributed by atoms with E-state index < -0.39 is 29.6 Å². The molecular formula is C9H10F3NO. The first-order valence-corrected chi connectivity index (χ1v) is 4.01. The van der Waals surface area contributed by atoms with Crippen molar-refractivity contribution in [1.82, 2.24) is 0 Å². The molecule has 1 aromatic rings. The fourth-order valence-corrected chi connectivity index (χ4v) is 1.05. The number of benzene rings is 1. The maximum atomic E-state index is 12.7. The molecule has 0 saturated heterocycles. The largest absolute Gasteiger partial charge is 0.387 e. The number of halogens is 3. The van der Waals surface area contributed by atoms with Crippen LogP contribution in [0.1, 0.15) is 18.6 Å². The fraction of sp³-hybridized carbons (Fsp3) is 0.333. The summed E-state index contributed by atoms with van der Waals surface area (Å²) < 4.78 is 37.9. The zero-order chi connectivity index (χ0) is 10.9. The summed E-state index contributed by atoms with van der Waals surface area (Å²) >= 11 is 0. The molecule has 78 valence electrons. The average Bonchev–Trinajstić information content (AvgIpc) is 2.12. The van der Waals surface area contributed by atoms with Crippen molar-refractivity contribution in [2.24, 2.45) is 5.73 Å². The molecule has 0 heterocycles. The van der Waals surface area contributed by atoms with Gasteiger partial charge in [0.25, 0.3) is 0 Å². The second-order valence-corrected chi connectivity index (χ2v) is 3.10. The van der Waals surface area contributed by atoms with E-state index in [1.807, 2.05) is 0 Å². The predicted octanol–water partition coefficient (Wildman–Crippen LogP) is 1.48. The van der Waals surface area contributed by atoms with Crippen molar-refractivity contribution in [3.8, 4) is 0 Å². The van der Waals surface area contributed by atoms with E-state index in [0.29, 0.717) is 0 Å². The fourth-order valence-electron chi connectivity index (χ4n) is 1.05. The van der Waals surface area contributed by atoms with Gasteiger partial charge in [0.1, 0.15) is 0 Å². The van der Waals surface area contributed by atoms with Crippen molar-refractivity contribution < 1.29 is 18.3 Å². The summed E-state index contributed by atoms with van der Waals surface area (Å²) in [6.07, 6.45) is -1.21. The standard InChI is InChI=1S/C9H10F3NO/c1-4(13)9(14)5-2-6(10)8(12)7(11)3-5/h2-4,9,14H,13H2,1H3/t4-,9-/m0/s1. The third-order valence-electron chi connectivity index (χ3n) is 1.85. The number of rotatable bonds is 2. The Balaban J connectivity index is 3.12. The van der Waals surface area contributed by atoms with E-state index >= 15 is 0 Å². The lowest BCUT2D eigenvalue weighted by atomic mass is 10.0. The smallest absolute Gasteiger partial charge is 0.194 e. The summed E-state index contributed by atoms with van der Waals surface area (Å²) in [7, 11) is 0. The van der Waals surface area contributed by atoms with Gasteiger partial charge in [-0.3, -0.25) is 0 Å². The molecule has 0 aliphatic heterocycles. The first-order valence-electron chi connectivity index (χ1n) is 4.01. The molecule has 0 radical (unpaired) electrons. The van der Waals surface area contributed by atoms with E-state index in [1.54, 1.807) is 0 Å². The molecule has 0 aliphatic rings. The van der Waals surface area contributed by atoms with Crippen molar-refractivity contribution in [2.75, 3.05) is 0 Å². The van der Waals surface area contributed by atoms with E-state index in [2.05, 4.69) is 0 Å². The molecule has 2 atom stereocenters. The van der Waals surface area contributed by atoms with Gasteiger partial charge in [0, 0.05) is 6.04 Å². The molecule has 0 amide bonds. The highest BCUT2D eigenvalue weighted by molar-refractivity contribution is 5.22. The van der Waals surface area contributed by atoms with Crippen LogP contribution in [0.15, 0.2) is 12.1 Å². The van der Waals surface area contributed by atoms with Gasteiger partial charge in [-0.1, -0.05) is 0 Å². The van der Waals surface area contributed by atoms with Gasteiger partial charge in [-0.15, -0.1) is 0 Å². The van der Waals surface area contributed by atoms with Crippen LogP contribution in [-0.2, 0) is 0 Å². The third kappa shape index (κ3) is 2.05. The number of aliphatic hydroxyl groups is 1. The Morgan fingerprint density at radius 3 is 2.00 bits per heavy atom. The molecule has 0 aliphatic carbocycles. The highest BCUT2D eigenvalue weighted by Crippen LogP contribution is 2.20. The van der Waals surface area contributed by atoms with Crippen LogP contribution in [0.3, 0.4) is 0 Å². The third-order valence-corrected chi connectivity index (χ3v) is 1.85. The zero-order valence-corrected chi connectivity index (χ0v) is 7.47. The summed E-state index contributed by atoms with van der Waals surface area (Å²) in [4.78, 5) is 0. The van der Waals surface area contributed by atoms with Crippen molar-refractivity contribution in [1.29, 1.82) is 0 Å². The van der Waals surface area contributed by atoms with Gasteiger partial charge >= 0.3 is 0 Å². The molecule has 0 saturated carbocycles. The molecule has 1 rings (SSSR count). The van der Waals surface area contributed by atoms with Crippen LogP contribution in [0, 0.1) is 17.5 Å². The van der Waals surface area contributed by atoms with Crippen LogP contribution >= 0.6 is 0 Å². The average molecular weight is 205 g/mol. The molecule has 2 nitrogen and oxygen atoms in total. The van der Waals surface area contributed by atoms with Gasteiger partial charge < -0.3 is 10.8 Å². The van der Waals surface area contributed by atoms with Gasteiger partial charge in [-0.05, 0) is 24.6 Å². The molecule has 1 aromatic carbocycles. The zero-order valence-electron chi connectivity index (χ0n) is 7.47. The topological polar surface area (TPSA) is 46.2 Å². The van der Waals surface area contributed by atoms with E-state index in [9.17, 15) is 18.3 Å². The highest BCUT2D eigenvalue weighted by atomic mass is 19.2. The first-order chi connectivity index (χ1) is 6.43. The molecule has 0 unspecified atom stereocenters. The number of hydrogen-bond acceptors (Lipinski definition) is 2. The Labute approximate surface area is 79.2 Å². The maximum absolute atomic E-state index is 12.7. The van der Waals surface area contributed by atoms with Crippen molar-refractivity contribution in [3.05, 3.63) is 35.1 Å². The SMILES string of the molecule is C[C@H](N)[C@H](O)c1cc(F)c(F)c(F)c1. The number of hydrogen-bond donors (Lipinski definition) is 2. The van der Waals surface area contributed by atoms with E-state index in [0.717, 1.165) is 12.1 Å². The summed E-state index contributed by atoms with van der Waals surface area (Å²) in [5.74, 6) is -4.22. The van der Waals surface area contributed by atoms with Gasteiger partial charge in [-0.2, -0.15) is 0 Å². The van der Waals surface area contributed by atoms with Crippen molar-refractivity contribution >= 4 is 0 Å². The van der Waals surface area contributed by atoms with Crippen LogP contribution in [-0.4, -0.2) is 11.1 Å². The van der Waals surface area contributed by atoms with Crippen LogP contribution in [0.25, 0.3) is 0 Å². The molecule has 0 spiro atoms. The van der Waals surface area contributed by atoms with Gasteiger partial charge in [0.2, 0.25) is 0 Å². The summed E-state index contributed by atoms with van der Waals surface area (Å²) in [6.45, 7) is 1.48. The minimum atomic E-state index is -1.55. The maximum Gasteiger partial charge on any atom is 0.194 e. The summed E-state index contributed by atoms with van der Waals surface area (Å²) in [5.41, 5.74) is 5.24. The molecule has 0 bridgehead atoms. The lowest BCUT2D eigenvalue weighted by Crippen LogP contribution is -2.24. The Kier molecular flexibility index (Phi) is 3.13. The van der Waals surface area contributed by atoms with E-state index in [1.165, 1.54) is 6.92 Å². The Morgan fingerprint density at radius 1 is 1.21 bits per heavy atom. The van der Waals surface area contributed by atoms with Crippen molar-refractivity contribution in [3.63, 3.8) is 0 Å². The van der Waals surface area contributed by atoms with Gasteiger partial charge in [-0.25, -0.2) is 13.2 Å². The van der Waals surface area contributed by atoms with Crippen LogP contribution in [0.2, 0.25) is 0 Å². The second-order valence-electron chi connectivity index (χ2n) is 3.10. The van der Waals surface area contributed by atoms with Gasteiger partial charge in [0.15, 0.2) is 17.5 Å². The van der Waals surface area contributed by atoms with Crippen molar-refractivity contribution in [2.45, 2.75) is 19.1 Å². The van der Waals surface area contributed by atoms with E-state index in [4.69, 9.17) is 5.73 Å². The molecule has 0 aromatic heterocycles. The van der Waals surface area contributed by atoms with Gasteiger partial charge in [0.05, 0.1) is 6.10 Å². The highest BCUT2D eigenvalue weighted by Gasteiger charge is 2.17. The normalized spacial score (nSPS) is 15.3. The quantitative estimate of drug-likeness (QED) is 0.718. The Bertz CT molecular complexity index is 318. The van der Waals surface area contributed by atoms with Crippen LogP contribution in [0.5, 0.6) is 0 Å². The monoisotopic (exact) mass is 205 g/mol. The lowest BCUT2D eigenvalue weighted by molar-refractivity contribution is 0.152.